The third-order valence-corrected chi connectivity index (χ3v) is 3.15. The number of carbonyl (C=O) groups is 3. The van der Waals surface area contributed by atoms with Gasteiger partial charge >= 0.3 is 17.9 Å². The third-order valence-electron chi connectivity index (χ3n) is 3.15. The van der Waals surface area contributed by atoms with Gasteiger partial charge in [-0.25, -0.2) is 14.4 Å². The summed E-state index contributed by atoms with van der Waals surface area (Å²) in [5.41, 5.74) is 2.08. The molecule has 0 radical (unpaired) electrons. The SMILES string of the molecule is C=C(C)C(=O)OC.C=C(C)C(=O)OCCCC.C=CC(=O)OCCO.C=Cc1ccccc1. The number of aliphatic hydroxyl groups excluding tert-OH is 1. The lowest BCUT2D eigenvalue weighted by molar-refractivity contribution is -0.139. The summed E-state index contributed by atoms with van der Waals surface area (Å²) < 4.78 is 13.4. The van der Waals surface area contributed by atoms with E-state index in [1.54, 1.807) is 13.8 Å². The zero-order valence-corrected chi connectivity index (χ0v) is 20.3. The van der Waals surface area contributed by atoms with Crippen molar-refractivity contribution in [2.45, 2.75) is 33.6 Å². The van der Waals surface area contributed by atoms with Crippen LogP contribution >= 0.6 is 0 Å². The Morgan fingerprint density at radius 3 is 1.79 bits per heavy atom. The number of unbranched alkanes of at least 4 members (excludes halogenated alkanes) is 1. The Labute approximate surface area is 198 Å². The molecule has 0 saturated heterocycles. The summed E-state index contributed by atoms with van der Waals surface area (Å²) in [6, 6.07) is 10.0. The average Bonchev–Trinajstić information content (AvgIpc) is 2.83. The van der Waals surface area contributed by atoms with Crippen molar-refractivity contribution in [2.24, 2.45) is 0 Å². The Bertz CT molecular complexity index is 721. The number of hydrogen-bond acceptors (Lipinski definition) is 7. The molecule has 0 heterocycles. The summed E-state index contributed by atoms with van der Waals surface area (Å²) in [4.78, 5) is 31.0. The first-order valence-corrected chi connectivity index (χ1v) is 10.2. The molecule has 0 saturated carbocycles. The van der Waals surface area contributed by atoms with Crippen LogP contribution in [0.3, 0.4) is 0 Å². The van der Waals surface area contributed by atoms with Gasteiger partial charge in [0.15, 0.2) is 0 Å². The van der Waals surface area contributed by atoms with E-state index >= 15 is 0 Å². The maximum absolute atomic E-state index is 10.7. The van der Waals surface area contributed by atoms with E-state index in [4.69, 9.17) is 9.84 Å². The van der Waals surface area contributed by atoms with Gasteiger partial charge in [-0.3, -0.25) is 0 Å². The first-order valence-electron chi connectivity index (χ1n) is 10.2. The van der Waals surface area contributed by atoms with E-state index in [-0.39, 0.29) is 25.2 Å². The summed E-state index contributed by atoms with van der Waals surface area (Å²) in [7, 11) is 1.33. The van der Waals surface area contributed by atoms with Gasteiger partial charge in [-0.05, 0) is 25.8 Å². The van der Waals surface area contributed by atoms with Crippen LogP contribution in [0.15, 0.2) is 73.9 Å². The fourth-order valence-corrected chi connectivity index (χ4v) is 1.40. The average molecular weight is 463 g/mol. The van der Waals surface area contributed by atoms with Crippen LogP contribution in [-0.2, 0) is 28.6 Å². The molecule has 0 fully saturated rings. The van der Waals surface area contributed by atoms with E-state index in [0.717, 1.165) is 18.9 Å². The molecule has 0 aliphatic heterocycles. The highest BCUT2D eigenvalue weighted by Gasteiger charge is 2.00. The number of hydrogen-bond donors (Lipinski definition) is 1. The minimum Gasteiger partial charge on any atom is -0.466 e. The van der Waals surface area contributed by atoms with Gasteiger partial charge in [-0.15, -0.1) is 0 Å². The van der Waals surface area contributed by atoms with Gasteiger partial charge in [0.25, 0.3) is 0 Å². The quantitative estimate of drug-likeness (QED) is 0.246. The Morgan fingerprint density at radius 1 is 0.939 bits per heavy atom. The zero-order valence-electron chi connectivity index (χ0n) is 20.3. The summed E-state index contributed by atoms with van der Waals surface area (Å²) in [5.74, 6) is -1.13. The van der Waals surface area contributed by atoms with Gasteiger partial charge < -0.3 is 19.3 Å². The monoisotopic (exact) mass is 462 g/mol. The van der Waals surface area contributed by atoms with Crippen LogP contribution in [0.4, 0.5) is 0 Å². The molecule has 0 bridgehead atoms. The Hall–Kier alpha value is -3.45. The summed E-state index contributed by atoms with van der Waals surface area (Å²) >= 11 is 0. The molecule has 184 valence electrons. The number of carbonyl (C=O) groups excluding carboxylic acids is 3. The minimum absolute atomic E-state index is 0.0465. The second kappa shape index (κ2) is 24.8. The maximum Gasteiger partial charge on any atom is 0.333 e. The number of methoxy groups -OCH3 is 1. The molecule has 0 spiro atoms. The molecule has 0 amide bonds. The zero-order chi connectivity index (χ0) is 26.1. The Kier molecular flexibility index (Phi) is 25.7. The van der Waals surface area contributed by atoms with E-state index < -0.39 is 5.97 Å². The van der Waals surface area contributed by atoms with Gasteiger partial charge in [0.1, 0.15) is 6.61 Å². The first kappa shape index (κ1) is 34.2. The highest BCUT2D eigenvalue weighted by molar-refractivity contribution is 5.87. The van der Waals surface area contributed by atoms with Crippen molar-refractivity contribution in [1.29, 1.82) is 0 Å². The summed E-state index contributed by atoms with van der Waals surface area (Å²) in [6.07, 6.45) is 4.86. The van der Waals surface area contributed by atoms with Gasteiger partial charge in [0, 0.05) is 17.2 Å². The van der Waals surface area contributed by atoms with E-state index in [2.05, 4.69) is 42.7 Å². The topological polar surface area (TPSA) is 99.1 Å². The number of aliphatic hydroxyl groups is 1. The van der Waals surface area contributed by atoms with Crippen molar-refractivity contribution in [3.8, 4) is 0 Å². The molecule has 1 rings (SSSR count). The van der Waals surface area contributed by atoms with Crippen LogP contribution in [0.5, 0.6) is 0 Å². The molecule has 0 aromatic heterocycles. The predicted octanol–water partition coefficient (Wildman–Crippen LogP) is 4.68. The molecule has 7 nitrogen and oxygen atoms in total. The smallest absolute Gasteiger partial charge is 0.333 e. The third kappa shape index (κ3) is 26.5. The Morgan fingerprint density at radius 2 is 1.48 bits per heavy atom. The second-order valence-electron chi connectivity index (χ2n) is 6.25. The lowest BCUT2D eigenvalue weighted by Crippen LogP contribution is -2.05. The number of ether oxygens (including phenoxy) is 3. The molecular formula is C26H38O7. The maximum atomic E-state index is 10.7. The molecule has 1 N–H and O–H groups in total. The molecule has 0 unspecified atom stereocenters. The van der Waals surface area contributed by atoms with E-state index in [9.17, 15) is 14.4 Å². The molecular weight excluding hydrogens is 424 g/mol. The van der Waals surface area contributed by atoms with Crippen molar-refractivity contribution < 1.29 is 33.7 Å². The van der Waals surface area contributed by atoms with Gasteiger partial charge in [-0.1, -0.05) is 76.1 Å². The van der Waals surface area contributed by atoms with Gasteiger partial charge in [-0.2, -0.15) is 0 Å². The van der Waals surface area contributed by atoms with Crippen molar-refractivity contribution in [2.75, 3.05) is 26.9 Å². The van der Waals surface area contributed by atoms with Crippen molar-refractivity contribution in [1.82, 2.24) is 0 Å². The lowest BCUT2D eigenvalue weighted by Gasteiger charge is -2.01. The van der Waals surface area contributed by atoms with Crippen LogP contribution < -0.4 is 0 Å². The molecule has 0 aliphatic rings. The fourth-order valence-electron chi connectivity index (χ4n) is 1.40. The number of rotatable bonds is 9. The first-order chi connectivity index (χ1) is 15.6. The highest BCUT2D eigenvalue weighted by atomic mass is 16.5. The molecule has 0 atom stereocenters. The second-order valence-corrected chi connectivity index (χ2v) is 6.25. The van der Waals surface area contributed by atoms with Crippen LogP contribution in [0, 0.1) is 0 Å². The molecule has 0 aliphatic carbocycles. The summed E-state index contributed by atoms with van der Waals surface area (Å²) in [6.45, 7) is 19.3. The molecule has 7 heteroatoms. The van der Waals surface area contributed by atoms with Crippen LogP contribution in [0.25, 0.3) is 6.08 Å². The molecule has 33 heavy (non-hydrogen) atoms. The van der Waals surface area contributed by atoms with Gasteiger partial charge in [0.05, 0.1) is 20.3 Å². The van der Waals surface area contributed by atoms with E-state index in [1.165, 1.54) is 12.7 Å². The molecule has 1 aromatic rings. The largest absolute Gasteiger partial charge is 0.466 e. The van der Waals surface area contributed by atoms with Gasteiger partial charge in [0.2, 0.25) is 0 Å². The predicted molar refractivity (Wildman–Crippen MR) is 132 cm³/mol. The van der Waals surface area contributed by atoms with E-state index in [1.807, 2.05) is 36.4 Å². The summed E-state index contributed by atoms with van der Waals surface area (Å²) in [5, 5.41) is 8.10. The molecule has 1 aromatic carbocycles. The van der Waals surface area contributed by atoms with Crippen LogP contribution in [-0.4, -0.2) is 49.9 Å². The normalized spacial score (nSPS) is 8.39. The number of esters is 3. The van der Waals surface area contributed by atoms with Crippen molar-refractivity contribution in [3.05, 3.63) is 79.4 Å². The number of benzene rings is 1. The van der Waals surface area contributed by atoms with Crippen LogP contribution in [0.2, 0.25) is 0 Å². The van der Waals surface area contributed by atoms with Crippen LogP contribution in [0.1, 0.15) is 39.2 Å². The standard InChI is InChI=1S/C8H14O2.C8H8.C5H8O3.C5H8O2/c1-4-5-6-10-8(9)7(2)3;1-2-8-6-4-3-5-7-8;1-2-5(7)8-4-3-6;1-4(2)5(6)7-3/h2,4-6H2,1,3H3;2-7H,1H2;2,6H,1,3-4H2;1H2,2-3H3. The van der Waals surface area contributed by atoms with Crippen molar-refractivity contribution >= 4 is 24.0 Å². The Balaban J connectivity index is -0.000000367. The van der Waals surface area contributed by atoms with Crippen molar-refractivity contribution in [3.63, 3.8) is 0 Å². The fraction of sp³-hybridized carbons (Fsp3) is 0.346. The lowest BCUT2D eigenvalue weighted by atomic mass is 10.2. The minimum atomic E-state index is -0.501. The highest BCUT2D eigenvalue weighted by Crippen LogP contribution is 1.97. The van der Waals surface area contributed by atoms with E-state index in [0.29, 0.717) is 17.8 Å².